The molecule has 0 amide bonds. The van der Waals surface area contributed by atoms with E-state index < -0.39 is 6.10 Å². The molecule has 0 bridgehead atoms. The summed E-state index contributed by atoms with van der Waals surface area (Å²) in [4.78, 5) is 2.38. The Hall–Kier alpha value is -1.97. The van der Waals surface area contributed by atoms with E-state index in [9.17, 15) is 9.50 Å². The van der Waals surface area contributed by atoms with Crippen LogP contribution in [0.1, 0.15) is 51.2 Å². The molecule has 3 heteroatoms. The number of hydrogen-bond acceptors (Lipinski definition) is 2. The molecule has 3 rings (SSSR count). The van der Waals surface area contributed by atoms with Crippen LogP contribution >= 0.6 is 0 Å². The Morgan fingerprint density at radius 1 is 0.889 bits per heavy atom. The van der Waals surface area contributed by atoms with Crippen molar-refractivity contribution in [3.05, 3.63) is 59.9 Å². The van der Waals surface area contributed by atoms with E-state index in [2.05, 4.69) is 18.7 Å². The number of rotatable bonds is 9. The molecular formula is C24H30FNO. The van der Waals surface area contributed by atoms with E-state index in [1.54, 1.807) is 12.1 Å². The first-order valence-electron chi connectivity index (χ1n) is 10.1. The largest absolute Gasteiger partial charge is 0.387 e. The van der Waals surface area contributed by atoms with Crippen LogP contribution < -0.4 is 0 Å². The van der Waals surface area contributed by atoms with Crippen molar-refractivity contribution in [3.63, 3.8) is 0 Å². The molecule has 1 unspecified atom stereocenters. The average Bonchev–Trinajstić information content (AvgIpc) is 2.69. The average molecular weight is 368 g/mol. The zero-order valence-corrected chi connectivity index (χ0v) is 16.4. The highest BCUT2D eigenvalue weighted by Gasteiger charge is 2.17. The lowest BCUT2D eigenvalue weighted by Crippen LogP contribution is -2.30. The van der Waals surface area contributed by atoms with Gasteiger partial charge in [0.2, 0.25) is 0 Å². The molecule has 0 aliphatic heterocycles. The zero-order chi connectivity index (χ0) is 19.2. The van der Waals surface area contributed by atoms with Gasteiger partial charge in [-0.2, -0.15) is 0 Å². The Kier molecular flexibility index (Phi) is 6.81. The molecular weight excluding hydrogens is 337 g/mol. The minimum absolute atomic E-state index is 0.230. The number of benzene rings is 3. The fraction of sp³-hybridized carbons (Fsp3) is 0.417. The first kappa shape index (κ1) is 19.8. The molecule has 0 radical (unpaired) electrons. The highest BCUT2D eigenvalue weighted by atomic mass is 19.1. The Morgan fingerprint density at radius 2 is 1.56 bits per heavy atom. The van der Waals surface area contributed by atoms with Crippen LogP contribution in [0.3, 0.4) is 0 Å². The van der Waals surface area contributed by atoms with Crippen molar-refractivity contribution in [2.75, 3.05) is 19.6 Å². The number of fused-ring (bicyclic) bond motifs is 3. The summed E-state index contributed by atoms with van der Waals surface area (Å²) in [5, 5.41) is 15.0. The topological polar surface area (TPSA) is 23.5 Å². The Morgan fingerprint density at radius 3 is 2.22 bits per heavy atom. The van der Waals surface area contributed by atoms with Crippen molar-refractivity contribution in [2.24, 2.45) is 0 Å². The minimum Gasteiger partial charge on any atom is -0.387 e. The summed E-state index contributed by atoms with van der Waals surface area (Å²) < 4.78 is 13.8. The molecule has 0 aliphatic carbocycles. The molecule has 144 valence electrons. The van der Waals surface area contributed by atoms with Gasteiger partial charge in [-0.15, -0.1) is 0 Å². The van der Waals surface area contributed by atoms with Crippen molar-refractivity contribution >= 4 is 21.5 Å². The van der Waals surface area contributed by atoms with Crippen molar-refractivity contribution in [1.29, 1.82) is 0 Å². The molecule has 1 atom stereocenters. The third kappa shape index (κ3) is 4.66. The van der Waals surface area contributed by atoms with E-state index in [-0.39, 0.29) is 5.82 Å². The van der Waals surface area contributed by atoms with Crippen LogP contribution in [0.5, 0.6) is 0 Å². The minimum atomic E-state index is -0.557. The van der Waals surface area contributed by atoms with E-state index in [0.717, 1.165) is 65.9 Å². The maximum atomic E-state index is 13.8. The predicted molar refractivity (Wildman–Crippen MR) is 113 cm³/mol. The van der Waals surface area contributed by atoms with Gasteiger partial charge in [0.05, 0.1) is 6.10 Å². The summed E-state index contributed by atoms with van der Waals surface area (Å²) in [6.07, 6.45) is 4.05. The molecule has 0 saturated carbocycles. The number of hydrogen-bond donors (Lipinski definition) is 1. The molecule has 2 nitrogen and oxygen atoms in total. The maximum absolute atomic E-state index is 13.8. The first-order valence-corrected chi connectivity index (χ1v) is 10.1. The number of aliphatic hydroxyl groups is 1. The van der Waals surface area contributed by atoms with E-state index in [0.29, 0.717) is 6.54 Å². The van der Waals surface area contributed by atoms with Crippen LogP contribution in [-0.2, 0) is 0 Å². The first-order chi connectivity index (χ1) is 13.1. The van der Waals surface area contributed by atoms with Crippen LogP contribution in [0, 0.1) is 5.82 Å². The van der Waals surface area contributed by atoms with Crippen molar-refractivity contribution < 1.29 is 9.50 Å². The van der Waals surface area contributed by atoms with Gasteiger partial charge < -0.3 is 10.0 Å². The lowest BCUT2D eigenvalue weighted by molar-refractivity contribution is 0.112. The van der Waals surface area contributed by atoms with E-state index in [4.69, 9.17) is 0 Å². The Bertz CT molecular complexity index is 884. The molecule has 3 aromatic rings. The fourth-order valence-electron chi connectivity index (χ4n) is 3.78. The summed E-state index contributed by atoms with van der Waals surface area (Å²) in [6.45, 7) is 7.07. The summed E-state index contributed by atoms with van der Waals surface area (Å²) in [5.74, 6) is -0.230. The molecule has 0 heterocycles. The van der Waals surface area contributed by atoms with Crippen LogP contribution in [-0.4, -0.2) is 29.6 Å². The van der Waals surface area contributed by atoms with Crippen molar-refractivity contribution in [3.8, 4) is 0 Å². The third-order valence-corrected chi connectivity index (χ3v) is 5.30. The second kappa shape index (κ2) is 9.29. The Balaban J connectivity index is 1.97. The lowest BCUT2D eigenvalue weighted by atomic mass is 9.94. The molecule has 27 heavy (non-hydrogen) atoms. The SMILES string of the molecule is CCCCN(CCCC)CC(O)c1cc2ccc(F)cc2c2ccccc12. The van der Waals surface area contributed by atoms with Crippen LogP contribution in [0.15, 0.2) is 48.5 Å². The van der Waals surface area contributed by atoms with Gasteiger partial charge in [-0.1, -0.05) is 57.0 Å². The molecule has 0 aliphatic rings. The monoisotopic (exact) mass is 367 g/mol. The fourth-order valence-corrected chi connectivity index (χ4v) is 3.78. The van der Waals surface area contributed by atoms with Gasteiger partial charge in [-0.05, 0) is 71.2 Å². The van der Waals surface area contributed by atoms with Crippen LogP contribution in [0.4, 0.5) is 4.39 Å². The third-order valence-electron chi connectivity index (χ3n) is 5.30. The van der Waals surface area contributed by atoms with Gasteiger partial charge in [0.15, 0.2) is 0 Å². The van der Waals surface area contributed by atoms with E-state index in [1.165, 1.54) is 6.07 Å². The summed E-state index contributed by atoms with van der Waals surface area (Å²) in [5.41, 5.74) is 0.933. The van der Waals surface area contributed by atoms with Gasteiger partial charge in [-0.25, -0.2) is 4.39 Å². The van der Waals surface area contributed by atoms with Gasteiger partial charge in [0.1, 0.15) is 5.82 Å². The van der Waals surface area contributed by atoms with E-state index >= 15 is 0 Å². The quantitative estimate of drug-likeness (QED) is 0.464. The second-order valence-electron chi connectivity index (χ2n) is 7.40. The van der Waals surface area contributed by atoms with Gasteiger partial charge in [0, 0.05) is 6.54 Å². The van der Waals surface area contributed by atoms with Gasteiger partial charge >= 0.3 is 0 Å². The summed E-state index contributed by atoms with van der Waals surface area (Å²) in [7, 11) is 0. The van der Waals surface area contributed by atoms with Crippen molar-refractivity contribution in [2.45, 2.75) is 45.6 Å². The van der Waals surface area contributed by atoms with Crippen LogP contribution in [0.25, 0.3) is 21.5 Å². The molecule has 3 aromatic carbocycles. The standard InChI is InChI=1S/C24H30FNO/c1-3-5-13-26(14-6-4-2)17-24(27)23-15-18-11-12-19(25)16-22(18)20-9-7-8-10-21(20)23/h7-12,15-16,24,27H,3-6,13-14,17H2,1-2H3. The number of nitrogens with zero attached hydrogens (tertiary/aromatic N) is 1. The molecule has 1 N–H and O–H groups in total. The summed E-state index contributed by atoms with van der Waals surface area (Å²) >= 11 is 0. The molecule has 0 spiro atoms. The molecule has 0 aromatic heterocycles. The van der Waals surface area contributed by atoms with Crippen LogP contribution in [0.2, 0.25) is 0 Å². The lowest BCUT2D eigenvalue weighted by Gasteiger charge is -2.26. The molecule has 0 saturated heterocycles. The smallest absolute Gasteiger partial charge is 0.123 e. The van der Waals surface area contributed by atoms with Crippen molar-refractivity contribution in [1.82, 2.24) is 4.90 Å². The van der Waals surface area contributed by atoms with E-state index in [1.807, 2.05) is 30.3 Å². The van der Waals surface area contributed by atoms with Gasteiger partial charge in [-0.3, -0.25) is 0 Å². The highest BCUT2D eigenvalue weighted by Crippen LogP contribution is 2.32. The van der Waals surface area contributed by atoms with Gasteiger partial charge in [0.25, 0.3) is 0 Å². The molecule has 0 fully saturated rings. The normalized spacial score (nSPS) is 12.9. The highest BCUT2D eigenvalue weighted by molar-refractivity contribution is 6.09. The number of unbranched alkanes of at least 4 members (excludes halogenated alkanes) is 2. The second-order valence-corrected chi connectivity index (χ2v) is 7.40. The number of halogens is 1. The maximum Gasteiger partial charge on any atom is 0.123 e. The summed E-state index contributed by atoms with van der Waals surface area (Å²) in [6, 6.07) is 14.9. The predicted octanol–water partition coefficient (Wildman–Crippen LogP) is 6.07. The zero-order valence-electron chi connectivity index (χ0n) is 16.4. The number of aliphatic hydroxyl groups excluding tert-OH is 1. The Labute approximate surface area is 161 Å².